The van der Waals surface area contributed by atoms with Crippen molar-refractivity contribution in [3.63, 3.8) is 0 Å². The zero-order valence-electron chi connectivity index (χ0n) is 13.1. The lowest BCUT2D eigenvalue weighted by atomic mass is 9.82. The number of rotatable bonds is 5. The van der Waals surface area contributed by atoms with Crippen LogP contribution in [-0.2, 0) is 9.53 Å². The van der Waals surface area contributed by atoms with Gasteiger partial charge in [0.15, 0.2) is 0 Å². The van der Waals surface area contributed by atoms with Crippen molar-refractivity contribution in [2.45, 2.75) is 18.4 Å². The fraction of sp³-hybridized carbons (Fsp3) is 0.222. The number of benzene rings is 2. The average molecular weight is 324 g/mol. The molecule has 3 rings (SSSR count). The first-order valence-electron chi connectivity index (χ1n) is 7.55. The highest BCUT2D eigenvalue weighted by Crippen LogP contribution is 2.37. The number of nitrogens with zero attached hydrogens (tertiary/aromatic N) is 2. The van der Waals surface area contributed by atoms with Crippen molar-refractivity contribution in [1.82, 2.24) is 0 Å². The molecule has 0 bridgehead atoms. The summed E-state index contributed by atoms with van der Waals surface area (Å²) in [5, 5.41) is 11.1. The van der Waals surface area contributed by atoms with Crippen LogP contribution in [0.5, 0.6) is 0 Å². The quantitative estimate of drug-likeness (QED) is 0.625. The summed E-state index contributed by atoms with van der Waals surface area (Å²) in [6, 6.07) is 17.9. The molecular formula is C18H16N2O4. The number of ether oxygens (including phenoxy) is 1. The number of amides is 1. The molecule has 122 valence electrons. The molecule has 6 heteroatoms. The summed E-state index contributed by atoms with van der Waals surface area (Å²) in [7, 11) is 0. The molecule has 1 heterocycles. The molecule has 0 N–H and O–H groups in total. The fourth-order valence-corrected chi connectivity index (χ4v) is 2.83. The molecule has 2 aromatic carbocycles. The van der Waals surface area contributed by atoms with Gasteiger partial charge in [-0.3, -0.25) is 14.9 Å². The van der Waals surface area contributed by atoms with Crippen molar-refractivity contribution in [1.29, 1.82) is 0 Å². The predicted molar refractivity (Wildman–Crippen MR) is 88.5 cm³/mol. The Hall–Kier alpha value is -3.02. The molecule has 1 aliphatic heterocycles. The summed E-state index contributed by atoms with van der Waals surface area (Å²) in [4.78, 5) is 27.3. The Kier molecular flexibility index (Phi) is 4.12. The molecule has 0 spiro atoms. The second kappa shape index (κ2) is 6.23. The Morgan fingerprint density at radius 3 is 2.29 bits per heavy atom. The van der Waals surface area contributed by atoms with Gasteiger partial charge in [-0.2, -0.15) is 4.99 Å². The number of nitro groups is 1. The molecule has 2 aromatic rings. The standard InChI is InChI=1S/C18H16N2O4/c1-18(15(12-20(22)23)13-8-4-2-5-9-13)17(21)19-16(24-18)14-10-6-3-7-11-14/h2-11,15H,12H2,1H3. The lowest BCUT2D eigenvalue weighted by molar-refractivity contribution is -0.486. The summed E-state index contributed by atoms with van der Waals surface area (Å²) < 4.78 is 5.86. The van der Waals surface area contributed by atoms with Crippen LogP contribution in [0.25, 0.3) is 0 Å². The smallest absolute Gasteiger partial charge is 0.293 e. The lowest BCUT2D eigenvalue weighted by Gasteiger charge is -2.29. The summed E-state index contributed by atoms with van der Waals surface area (Å²) in [5.74, 6) is -1.03. The van der Waals surface area contributed by atoms with Crippen molar-refractivity contribution in [3.8, 4) is 0 Å². The van der Waals surface area contributed by atoms with E-state index in [0.29, 0.717) is 11.1 Å². The van der Waals surface area contributed by atoms with E-state index in [1.165, 1.54) is 0 Å². The Labute approximate surface area is 138 Å². The monoisotopic (exact) mass is 324 g/mol. The Bertz CT molecular complexity index is 789. The molecule has 1 aliphatic rings. The number of aliphatic imine (C=N–C) groups is 1. The lowest BCUT2D eigenvalue weighted by Crippen LogP contribution is -2.43. The molecule has 1 amide bonds. The number of hydrogen-bond donors (Lipinski definition) is 0. The zero-order valence-corrected chi connectivity index (χ0v) is 13.1. The van der Waals surface area contributed by atoms with Gasteiger partial charge < -0.3 is 4.74 Å². The van der Waals surface area contributed by atoms with Gasteiger partial charge >= 0.3 is 0 Å². The van der Waals surface area contributed by atoms with Gasteiger partial charge in [-0.15, -0.1) is 0 Å². The molecular weight excluding hydrogens is 308 g/mol. The van der Waals surface area contributed by atoms with E-state index in [4.69, 9.17) is 4.74 Å². The van der Waals surface area contributed by atoms with Crippen LogP contribution in [-0.4, -0.2) is 28.9 Å². The van der Waals surface area contributed by atoms with Crippen molar-refractivity contribution in [2.75, 3.05) is 6.54 Å². The average Bonchev–Trinajstić information content (AvgIpc) is 2.90. The first kappa shape index (κ1) is 15.9. The van der Waals surface area contributed by atoms with E-state index in [1.807, 2.05) is 24.3 Å². The normalized spacial score (nSPS) is 21.0. The van der Waals surface area contributed by atoms with Crippen LogP contribution in [0, 0.1) is 10.1 Å². The summed E-state index contributed by atoms with van der Waals surface area (Å²) in [6.07, 6.45) is 0. The third-order valence-electron chi connectivity index (χ3n) is 4.16. The minimum absolute atomic E-state index is 0.201. The maximum Gasteiger partial charge on any atom is 0.293 e. The number of carbonyl (C=O) groups excluding carboxylic acids is 1. The third-order valence-corrected chi connectivity index (χ3v) is 4.16. The Balaban J connectivity index is 1.96. The van der Waals surface area contributed by atoms with E-state index in [0.717, 1.165) is 0 Å². The molecule has 0 radical (unpaired) electrons. The fourth-order valence-electron chi connectivity index (χ4n) is 2.83. The maximum absolute atomic E-state index is 12.5. The number of hydrogen-bond acceptors (Lipinski definition) is 4. The first-order valence-corrected chi connectivity index (χ1v) is 7.55. The van der Waals surface area contributed by atoms with Crippen molar-refractivity contribution in [2.24, 2.45) is 4.99 Å². The SMILES string of the molecule is CC1(C(C[N+](=O)[O-])c2ccccc2)OC(c2ccccc2)=NC1=O. The summed E-state index contributed by atoms with van der Waals surface area (Å²) >= 11 is 0. The highest BCUT2D eigenvalue weighted by atomic mass is 16.6. The molecule has 24 heavy (non-hydrogen) atoms. The molecule has 0 saturated carbocycles. The molecule has 2 atom stereocenters. The van der Waals surface area contributed by atoms with E-state index in [-0.39, 0.29) is 5.90 Å². The van der Waals surface area contributed by atoms with Crippen LogP contribution in [0.4, 0.5) is 0 Å². The highest BCUT2D eigenvalue weighted by molar-refractivity contribution is 6.09. The maximum atomic E-state index is 12.5. The van der Waals surface area contributed by atoms with Gasteiger partial charge in [-0.05, 0) is 24.6 Å². The van der Waals surface area contributed by atoms with E-state index >= 15 is 0 Å². The van der Waals surface area contributed by atoms with Crippen molar-refractivity contribution in [3.05, 3.63) is 81.9 Å². The van der Waals surface area contributed by atoms with Gasteiger partial charge in [0.2, 0.25) is 18.0 Å². The third kappa shape index (κ3) is 2.90. The predicted octanol–water partition coefficient (Wildman–Crippen LogP) is 2.81. The van der Waals surface area contributed by atoms with Gasteiger partial charge in [-0.1, -0.05) is 48.5 Å². The van der Waals surface area contributed by atoms with Crippen LogP contribution in [0.3, 0.4) is 0 Å². The molecule has 0 aliphatic carbocycles. The van der Waals surface area contributed by atoms with Gasteiger partial charge in [0, 0.05) is 10.5 Å². The van der Waals surface area contributed by atoms with E-state index < -0.39 is 28.9 Å². The number of carbonyl (C=O) groups is 1. The van der Waals surface area contributed by atoms with E-state index in [1.54, 1.807) is 43.3 Å². The van der Waals surface area contributed by atoms with Gasteiger partial charge in [-0.25, -0.2) is 0 Å². The second-order valence-electron chi connectivity index (χ2n) is 5.78. The van der Waals surface area contributed by atoms with Crippen molar-refractivity contribution >= 4 is 11.8 Å². The van der Waals surface area contributed by atoms with Gasteiger partial charge in [0.1, 0.15) is 0 Å². The van der Waals surface area contributed by atoms with Crippen LogP contribution in [0.2, 0.25) is 0 Å². The molecule has 6 nitrogen and oxygen atoms in total. The van der Waals surface area contributed by atoms with E-state index in [9.17, 15) is 14.9 Å². The van der Waals surface area contributed by atoms with E-state index in [2.05, 4.69) is 4.99 Å². The molecule has 0 aromatic heterocycles. The van der Waals surface area contributed by atoms with Gasteiger partial charge in [0.05, 0.1) is 5.92 Å². The van der Waals surface area contributed by atoms with Crippen LogP contribution < -0.4 is 0 Å². The second-order valence-corrected chi connectivity index (χ2v) is 5.78. The molecule has 0 fully saturated rings. The zero-order chi connectivity index (χ0) is 17.2. The minimum Gasteiger partial charge on any atom is -0.460 e. The van der Waals surface area contributed by atoms with Gasteiger partial charge in [0.25, 0.3) is 5.91 Å². The minimum atomic E-state index is -1.40. The van der Waals surface area contributed by atoms with Crippen LogP contribution in [0.15, 0.2) is 65.7 Å². The first-order chi connectivity index (χ1) is 11.5. The Morgan fingerprint density at radius 1 is 1.12 bits per heavy atom. The van der Waals surface area contributed by atoms with Crippen LogP contribution in [0.1, 0.15) is 24.0 Å². The summed E-state index contributed by atoms with van der Waals surface area (Å²) in [6.45, 7) is 1.15. The topological polar surface area (TPSA) is 81.8 Å². The van der Waals surface area contributed by atoms with Crippen molar-refractivity contribution < 1.29 is 14.5 Å². The molecule has 0 saturated heterocycles. The Morgan fingerprint density at radius 2 is 1.71 bits per heavy atom. The highest BCUT2D eigenvalue weighted by Gasteiger charge is 2.51. The largest absolute Gasteiger partial charge is 0.460 e. The summed E-state index contributed by atoms with van der Waals surface area (Å²) in [5.41, 5.74) is -0.0587. The molecule has 2 unspecified atom stereocenters. The van der Waals surface area contributed by atoms with Crippen LogP contribution >= 0.6 is 0 Å².